The second kappa shape index (κ2) is 3.92. The van der Waals surface area contributed by atoms with Crippen molar-refractivity contribution in [3.05, 3.63) is 22.2 Å². The van der Waals surface area contributed by atoms with Crippen LogP contribution in [0, 0.1) is 0 Å². The molecule has 2 rings (SSSR count). The normalized spacial score (nSPS) is 14.4. The molecule has 1 aromatic carbocycles. The van der Waals surface area contributed by atoms with Gasteiger partial charge in [-0.25, -0.2) is 0 Å². The molecule has 0 aliphatic carbocycles. The van der Waals surface area contributed by atoms with Crippen LogP contribution in [0.25, 0.3) is 0 Å². The third kappa shape index (κ3) is 1.56. The summed E-state index contributed by atoms with van der Waals surface area (Å²) in [5.41, 5.74) is 1.73. The van der Waals surface area contributed by atoms with E-state index in [1.165, 1.54) is 0 Å². The van der Waals surface area contributed by atoms with Gasteiger partial charge < -0.3 is 14.4 Å². The highest BCUT2D eigenvalue weighted by Crippen LogP contribution is 2.25. The molecule has 0 saturated heterocycles. The van der Waals surface area contributed by atoms with Crippen molar-refractivity contribution in [1.82, 2.24) is 0 Å². The minimum absolute atomic E-state index is 0.429. The Morgan fingerprint density at radius 1 is 1.64 bits per heavy atom. The Morgan fingerprint density at radius 2 is 2.43 bits per heavy atom. The van der Waals surface area contributed by atoms with Crippen molar-refractivity contribution >= 4 is 28.5 Å². The summed E-state index contributed by atoms with van der Waals surface area (Å²) in [7, 11) is -0.857. The highest BCUT2D eigenvalue weighted by Gasteiger charge is 2.32. The molecule has 3 nitrogen and oxygen atoms in total. The smallest absolute Gasteiger partial charge is 0.494 e. The second-order valence-corrected chi connectivity index (χ2v) is 3.89. The second-order valence-electron chi connectivity index (χ2n) is 3.03. The fraction of sp³-hybridized carbons (Fsp3) is 0.333. The predicted molar refractivity (Wildman–Crippen MR) is 57.7 cm³/mol. The average Bonchev–Trinajstić information content (AvgIpc) is 2.55. The quantitative estimate of drug-likeness (QED) is 0.805. The molecule has 1 heterocycles. The Morgan fingerprint density at radius 3 is 3.14 bits per heavy atom. The number of ether oxygens (including phenoxy) is 1. The van der Waals surface area contributed by atoms with E-state index in [0.29, 0.717) is 19.0 Å². The molecule has 0 aromatic heterocycles. The first kappa shape index (κ1) is 10.0. The molecule has 0 radical (unpaired) electrons. The molecule has 0 bridgehead atoms. The maximum absolute atomic E-state index is 9.59. The Bertz CT molecular complexity index is 356. The van der Waals surface area contributed by atoms with Crippen LogP contribution in [0.3, 0.4) is 0 Å². The summed E-state index contributed by atoms with van der Waals surface area (Å²) in [6.07, 6.45) is 0. The van der Waals surface area contributed by atoms with Gasteiger partial charge in [0.15, 0.2) is 0 Å². The Hall–Kier alpha value is -0.515. The molecule has 0 fully saturated rings. The van der Waals surface area contributed by atoms with Gasteiger partial charge in [-0.3, -0.25) is 0 Å². The maximum Gasteiger partial charge on any atom is 0.495 e. The van der Waals surface area contributed by atoms with Crippen molar-refractivity contribution in [1.29, 1.82) is 0 Å². The molecule has 0 spiro atoms. The summed E-state index contributed by atoms with van der Waals surface area (Å²) in [6.45, 7) is 2.93. The van der Waals surface area contributed by atoms with Crippen molar-refractivity contribution < 1.29 is 14.4 Å². The molecular weight excluding hydrogens is 247 g/mol. The van der Waals surface area contributed by atoms with Gasteiger partial charge in [0.2, 0.25) is 0 Å². The summed E-state index contributed by atoms with van der Waals surface area (Å²) in [6, 6.07) is 3.75. The zero-order valence-electron chi connectivity index (χ0n) is 7.79. The first-order valence-electron chi connectivity index (χ1n) is 4.47. The highest BCUT2D eigenvalue weighted by molar-refractivity contribution is 9.10. The SMILES string of the molecule is CCOc1ccc(Br)c2c1B(O)OC2. The van der Waals surface area contributed by atoms with Crippen LogP contribution in [0.2, 0.25) is 0 Å². The lowest BCUT2D eigenvalue weighted by Gasteiger charge is -2.09. The molecule has 0 amide bonds. The lowest BCUT2D eigenvalue weighted by molar-refractivity contribution is 0.274. The van der Waals surface area contributed by atoms with Crippen LogP contribution < -0.4 is 10.2 Å². The predicted octanol–water partition coefficient (Wildman–Crippen LogP) is 1.07. The molecule has 1 aliphatic rings. The van der Waals surface area contributed by atoms with Crippen LogP contribution in [-0.4, -0.2) is 18.7 Å². The zero-order chi connectivity index (χ0) is 10.1. The van der Waals surface area contributed by atoms with Gasteiger partial charge in [0.1, 0.15) is 5.75 Å². The van der Waals surface area contributed by atoms with Crippen LogP contribution in [0.15, 0.2) is 16.6 Å². The molecule has 1 N–H and O–H groups in total. The summed E-state index contributed by atoms with van der Waals surface area (Å²) < 4.78 is 11.5. The van der Waals surface area contributed by atoms with Crippen molar-refractivity contribution in [2.75, 3.05) is 6.61 Å². The molecule has 5 heteroatoms. The molecule has 0 saturated carbocycles. The van der Waals surface area contributed by atoms with Crippen molar-refractivity contribution in [2.45, 2.75) is 13.5 Å². The number of hydrogen-bond acceptors (Lipinski definition) is 3. The fourth-order valence-corrected chi connectivity index (χ4v) is 2.02. The monoisotopic (exact) mass is 256 g/mol. The number of hydrogen-bond donors (Lipinski definition) is 1. The number of halogens is 1. The summed E-state index contributed by atoms with van der Waals surface area (Å²) in [5, 5.41) is 9.59. The van der Waals surface area contributed by atoms with E-state index in [-0.39, 0.29) is 0 Å². The van der Waals surface area contributed by atoms with E-state index in [1.807, 2.05) is 19.1 Å². The van der Waals surface area contributed by atoms with Crippen LogP contribution in [-0.2, 0) is 11.3 Å². The summed E-state index contributed by atoms with van der Waals surface area (Å²) in [4.78, 5) is 0. The third-order valence-corrected chi connectivity index (χ3v) is 2.94. The Kier molecular flexibility index (Phi) is 2.81. The fourth-order valence-electron chi connectivity index (χ4n) is 1.56. The minimum atomic E-state index is -0.857. The van der Waals surface area contributed by atoms with E-state index in [2.05, 4.69) is 15.9 Å². The molecular formula is C9H10BBrO3. The van der Waals surface area contributed by atoms with Gasteiger partial charge in [-0.1, -0.05) is 15.9 Å². The number of benzene rings is 1. The zero-order valence-corrected chi connectivity index (χ0v) is 9.37. The van der Waals surface area contributed by atoms with Crippen LogP contribution >= 0.6 is 15.9 Å². The van der Waals surface area contributed by atoms with E-state index in [1.54, 1.807) is 0 Å². The van der Waals surface area contributed by atoms with Gasteiger partial charge in [-0.15, -0.1) is 0 Å². The molecule has 0 atom stereocenters. The van der Waals surface area contributed by atoms with E-state index in [0.717, 1.165) is 15.5 Å². The van der Waals surface area contributed by atoms with Crippen LogP contribution in [0.1, 0.15) is 12.5 Å². The summed E-state index contributed by atoms with van der Waals surface area (Å²) >= 11 is 3.41. The van der Waals surface area contributed by atoms with Gasteiger partial charge in [0, 0.05) is 9.94 Å². The largest absolute Gasteiger partial charge is 0.495 e. The van der Waals surface area contributed by atoms with Gasteiger partial charge >= 0.3 is 7.12 Å². The first-order valence-corrected chi connectivity index (χ1v) is 5.27. The lowest BCUT2D eigenvalue weighted by atomic mass is 9.79. The van der Waals surface area contributed by atoms with Gasteiger partial charge in [0.25, 0.3) is 0 Å². The molecule has 14 heavy (non-hydrogen) atoms. The number of fused-ring (bicyclic) bond motifs is 1. The van der Waals surface area contributed by atoms with E-state index >= 15 is 0 Å². The molecule has 0 unspecified atom stereocenters. The average molecular weight is 257 g/mol. The standard InChI is InChI=1S/C9H10BBrO3/c1-2-13-8-4-3-7(11)6-5-14-10(12)9(6)8/h3-4,12H,2,5H2,1H3. The van der Waals surface area contributed by atoms with E-state index < -0.39 is 7.12 Å². The third-order valence-electron chi connectivity index (χ3n) is 2.19. The van der Waals surface area contributed by atoms with E-state index in [9.17, 15) is 5.02 Å². The van der Waals surface area contributed by atoms with Crippen LogP contribution in [0.5, 0.6) is 5.75 Å². The van der Waals surface area contributed by atoms with Crippen molar-refractivity contribution in [2.24, 2.45) is 0 Å². The lowest BCUT2D eigenvalue weighted by Crippen LogP contribution is -2.30. The molecule has 1 aliphatic heterocycles. The minimum Gasteiger partial charge on any atom is -0.494 e. The summed E-state index contributed by atoms with van der Waals surface area (Å²) in [5.74, 6) is 0.704. The Labute approximate surface area is 91.3 Å². The van der Waals surface area contributed by atoms with Gasteiger partial charge in [-0.2, -0.15) is 0 Å². The number of rotatable bonds is 2. The van der Waals surface area contributed by atoms with Gasteiger partial charge in [-0.05, 0) is 24.6 Å². The first-order chi connectivity index (χ1) is 6.74. The van der Waals surface area contributed by atoms with E-state index in [4.69, 9.17) is 9.39 Å². The van der Waals surface area contributed by atoms with Crippen LogP contribution in [0.4, 0.5) is 0 Å². The molecule has 1 aromatic rings. The Balaban J connectivity index is 2.49. The van der Waals surface area contributed by atoms with Crippen molar-refractivity contribution in [3.63, 3.8) is 0 Å². The molecule has 74 valence electrons. The van der Waals surface area contributed by atoms with Crippen molar-refractivity contribution in [3.8, 4) is 5.75 Å². The topological polar surface area (TPSA) is 38.7 Å². The highest BCUT2D eigenvalue weighted by atomic mass is 79.9. The van der Waals surface area contributed by atoms with Gasteiger partial charge in [0.05, 0.1) is 13.2 Å². The maximum atomic E-state index is 9.59.